The Bertz CT molecular complexity index is 905. The van der Waals surface area contributed by atoms with Crippen LogP contribution in [0.15, 0.2) is 48.8 Å². The third-order valence-electron chi connectivity index (χ3n) is 3.30. The van der Waals surface area contributed by atoms with E-state index in [-0.39, 0.29) is 5.56 Å². The number of carbonyl (C=O) groups is 1. The van der Waals surface area contributed by atoms with Crippen LogP contribution in [0.2, 0.25) is 0 Å². The number of benzene rings is 2. The first kappa shape index (κ1) is 14.3. The van der Waals surface area contributed by atoms with Crippen LogP contribution in [0.4, 0.5) is 5.69 Å². The molecule has 0 radical (unpaired) electrons. The van der Waals surface area contributed by atoms with Gasteiger partial charge in [0.1, 0.15) is 0 Å². The molecule has 6 nitrogen and oxygen atoms in total. The Morgan fingerprint density at radius 2 is 1.86 bits per heavy atom. The highest BCUT2D eigenvalue weighted by Gasteiger charge is 2.20. The number of imidazole rings is 1. The van der Waals surface area contributed by atoms with Crippen molar-refractivity contribution >= 4 is 33.5 Å². The number of hydrogen-bond donors (Lipinski definition) is 2. The maximum absolute atomic E-state index is 12.5. The van der Waals surface area contributed by atoms with Gasteiger partial charge in [-0.25, -0.2) is 17.7 Å². The molecule has 1 heterocycles. The molecule has 7 heteroatoms. The van der Waals surface area contributed by atoms with Crippen molar-refractivity contribution in [1.29, 1.82) is 0 Å². The highest BCUT2D eigenvalue weighted by Crippen LogP contribution is 2.20. The van der Waals surface area contributed by atoms with Crippen molar-refractivity contribution in [3.05, 3.63) is 59.9 Å². The molecular weight excluding hydrogens is 302 g/mol. The molecule has 0 aliphatic carbocycles. The van der Waals surface area contributed by atoms with Crippen molar-refractivity contribution in [2.24, 2.45) is 0 Å². The smallest absolute Gasteiger partial charge is 0.271 e. The van der Waals surface area contributed by atoms with Gasteiger partial charge in [0, 0.05) is 5.56 Å². The number of aromatic amines is 1. The van der Waals surface area contributed by atoms with Gasteiger partial charge in [-0.3, -0.25) is 4.79 Å². The molecule has 22 heavy (non-hydrogen) atoms. The number of nitrogens with one attached hydrogen (secondary N) is 1. The average molecular weight is 315 g/mol. The van der Waals surface area contributed by atoms with E-state index in [9.17, 15) is 13.2 Å². The summed E-state index contributed by atoms with van der Waals surface area (Å²) in [5, 5.41) is 0. The highest BCUT2D eigenvalue weighted by molar-refractivity contribution is 7.75. The molecule has 0 unspecified atom stereocenters. The van der Waals surface area contributed by atoms with Crippen LogP contribution in [0, 0.1) is 6.92 Å². The van der Waals surface area contributed by atoms with Crippen LogP contribution in [0.3, 0.4) is 0 Å². The second kappa shape index (κ2) is 5.61. The van der Waals surface area contributed by atoms with Gasteiger partial charge in [-0.15, -0.1) is 0 Å². The number of anilines is 1. The molecular formula is C15H13N3O3S. The Kier molecular flexibility index (Phi) is 3.64. The fraction of sp³-hybridized carbons (Fsp3) is 0.0667. The zero-order valence-corrected chi connectivity index (χ0v) is 12.6. The molecule has 112 valence electrons. The molecule has 1 amide bonds. The number of fused-ring (bicyclic) bond motifs is 1. The van der Waals surface area contributed by atoms with Gasteiger partial charge in [0.05, 0.1) is 23.0 Å². The van der Waals surface area contributed by atoms with Crippen molar-refractivity contribution < 1.29 is 13.2 Å². The summed E-state index contributed by atoms with van der Waals surface area (Å²) in [7, 11) is -3.09. The van der Waals surface area contributed by atoms with Crippen molar-refractivity contribution in [3.8, 4) is 0 Å². The summed E-state index contributed by atoms with van der Waals surface area (Å²) in [5.41, 5.74) is 2.96. The van der Waals surface area contributed by atoms with Gasteiger partial charge in [-0.05, 0) is 37.3 Å². The normalized spacial score (nSPS) is 11.0. The summed E-state index contributed by atoms with van der Waals surface area (Å²) in [6.45, 7) is 1.89. The van der Waals surface area contributed by atoms with Gasteiger partial charge < -0.3 is 4.98 Å². The quantitative estimate of drug-likeness (QED) is 0.725. The number of hydrogen-bond acceptors (Lipinski definition) is 4. The average Bonchev–Trinajstić information content (AvgIpc) is 2.96. The zero-order valence-electron chi connectivity index (χ0n) is 11.7. The molecule has 0 aliphatic heterocycles. The third kappa shape index (κ3) is 2.58. The maximum Gasteiger partial charge on any atom is 0.271 e. The summed E-state index contributed by atoms with van der Waals surface area (Å²) in [4.78, 5) is 19.5. The SMILES string of the molecule is Cc1ccc(N(C(=O)c2ccc3nc[nH]c3c2)[SH](=O)=O)cc1. The van der Waals surface area contributed by atoms with E-state index in [0.717, 1.165) is 9.87 Å². The lowest BCUT2D eigenvalue weighted by molar-refractivity contribution is 0.101. The molecule has 0 saturated heterocycles. The van der Waals surface area contributed by atoms with Gasteiger partial charge in [0.25, 0.3) is 5.91 Å². The van der Waals surface area contributed by atoms with Crippen LogP contribution in [0.1, 0.15) is 15.9 Å². The molecule has 0 saturated carbocycles. The van der Waals surface area contributed by atoms with E-state index in [1.807, 2.05) is 6.92 Å². The molecule has 1 N–H and O–H groups in total. The van der Waals surface area contributed by atoms with Crippen molar-refractivity contribution in [2.45, 2.75) is 6.92 Å². The Hall–Kier alpha value is -2.67. The van der Waals surface area contributed by atoms with Gasteiger partial charge in [0.15, 0.2) is 0 Å². The van der Waals surface area contributed by atoms with Crippen LogP contribution in [-0.2, 0) is 10.9 Å². The van der Waals surface area contributed by atoms with Gasteiger partial charge in [-0.1, -0.05) is 17.7 Å². The Morgan fingerprint density at radius 1 is 1.14 bits per heavy atom. The summed E-state index contributed by atoms with van der Waals surface area (Å²) >= 11 is 0. The molecule has 2 aromatic carbocycles. The summed E-state index contributed by atoms with van der Waals surface area (Å²) in [6, 6.07) is 11.5. The number of aromatic nitrogens is 2. The number of H-pyrrole nitrogens is 1. The number of thiol groups is 1. The lowest BCUT2D eigenvalue weighted by atomic mass is 10.1. The largest absolute Gasteiger partial charge is 0.345 e. The number of nitrogens with zero attached hydrogens (tertiary/aromatic N) is 2. The van der Waals surface area contributed by atoms with E-state index in [1.54, 1.807) is 42.5 Å². The third-order valence-corrected chi connectivity index (χ3v) is 4.04. The van der Waals surface area contributed by atoms with E-state index in [2.05, 4.69) is 9.97 Å². The van der Waals surface area contributed by atoms with Crippen molar-refractivity contribution in [1.82, 2.24) is 9.97 Å². The fourth-order valence-corrected chi connectivity index (χ4v) is 2.75. The number of carbonyl (C=O) groups excluding carboxylic acids is 1. The van der Waals surface area contributed by atoms with Crippen molar-refractivity contribution in [2.75, 3.05) is 4.31 Å². The maximum atomic E-state index is 12.5. The van der Waals surface area contributed by atoms with Crippen LogP contribution >= 0.6 is 0 Å². The summed E-state index contributed by atoms with van der Waals surface area (Å²) in [6.07, 6.45) is 1.52. The molecule has 1 aromatic heterocycles. The fourth-order valence-electron chi connectivity index (χ4n) is 2.16. The molecule has 0 fully saturated rings. The van der Waals surface area contributed by atoms with E-state index >= 15 is 0 Å². The Labute approximate surface area is 128 Å². The Morgan fingerprint density at radius 3 is 2.55 bits per heavy atom. The predicted molar refractivity (Wildman–Crippen MR) is 84.4 cm³/mol. The molecule has 0 aliphatic rings. The topological polar surface area (TPSA) is 83.1 Å². The number of rotatable bonds is 3. The number of aryl methyl sites for hydroxylation is 1. The molecule has 0 bridgehead atoms. The molecule has 3 aromatic rings. The van der Waals surface area contributed by atoms with Crippen LogP contribution in [-0.4, -0.2) is 24.3 Å². The highest BCUT2D eigenvalue weighted by atomic mass is 32.2. The second-order valence-corrected chi connectivity index (χ2v) is 5.70. The van der Waals surface area contributed by atoms with E-state index in [4.69, 9.17) is 0 Å². The minimum absolute atomic E-state index is 0.275. The first-order valence-electron chi connectivity index (χ1n) is 6.55. The second-order valence-electron chi connectivity index (χ2n) is 4.82. The van der Waals surface area contributed by atoms with E-state index < -0.39 is 16.8 Å². The standard InChI is InChI=1S/C15H13N3O3S/c1-10-2-5-12(6-3-10)18(22(20)21)15(19)11-4-7-13-14(8-11)17-9-16-13/h2-9,22H,1H3,(H,16,17). The first-order chi connectivity index (χ1) is 10.6. The first-order valence-corrected chi connectivity index (χ1v) is 7.68. The minimum Gasteiger partial charge on any atom is -0.345 e. The predicted octanol–water partition coefficient (Wildman–Crippen LogP) is 2.04. The lowest BCUT2D eigenvalue weighted by Crippen LogP contribution is -2.29. The molecule has 3 rings (SSSR count). The number of amides is 1. The van der Waals surface area contributed by atoms with Crippen LogP contribution in [0.25, 0.3) is 11.0 Å². The minimum atomic E-state index is -3.09. The van der Waals surface area contributed by atoms with Crippen LogP contribution in [0.5, 0.6) is 0 Å². The summed E-state index contributed by atoms with van der Waals surface area (Å²) in [5.74, 6) is -0.600. The van der Waals surface area contributed by atoms with Crippen LogP contribution < -0.4 is 4.31 Å². The molecule has 0 atom stereocenters. The zero-order chi connectivity index (χ0) is 15.7. The lowest BCUT2D eigenvalue weighted by Gasteiger charge is -2.16. The van der Waals surface area contributed by atoms with Gasteiger partial charge in [0.2, 0.25) is 10.9 Å². The van der Waals surface area contributed by atoms with E-state index in [1.165, 1.54) is 6.33 Å². The molecule has 0 spiro atoms. The Balaban J connectivity index is 2.04. The van der Waals surface area contributed by atoms with Gasteiger partial charge in [-0.2, -0.15) is 0 Å². The van der Waals surface area contributed by atoms with Gasteiger partial charge >= 0.3 is 0 Å². The monoisotopic (exact) mass is 315 g/mol. The summed E-state index contributed by atoms with van der Waals surface area (Å²) < 4.78 is 23.8. The van der Waals surface area contributed by atoms with Crippen molar-refractivity contribution in [3.63, 3.8) is 0 Å². The van der Waals surface area contributed by atoms with E-state index in [0.29, 0.717) is 16.7 Å².